The third kappa shape index (κ3) is 4.37. The normalized spacial score (nSPS) is 15.0. The van der Waals surface area contributed by atoms with Crippen molar-refractivity contribution in [1.82, 2.24) is 5.32 Å². The lowest BCUT2D eigenvalue weighted by molar-refractivity contribution is 0.0934. The Hall–Kier alpha value is -2.49. The van der Waals surface area contributed by atoms with Crippen LogP contribution >= 0.6 is 0 Å². The van der Waals surface area contributed by atoms with Gasteiger partial charge >= 0.3 is 0 Å². The minimum Gasteiger partial charge on any atom is -0.490 e. The van der Waals surface area contributed by atoms with E-state index in [2.05, 4.69) is 43.4 Å². The van der Waals surface area contributed by atoms with Gasteiger partial charge in [0.25, 0.3) is 5.91 Å². The average molecular weight is 353 g/mol. The Labute approximate surface area is 155 Å². The number of fused-ring (bicyclic) bond motifs is 1. The molecule has 1 heterocycles. The quantitative estimate of drug-likeness (QED) is 0.870. The van der Waals surface area contributed by atoms with E-state index in [1.54, 1.807) is 12.1 Å². The fraction of sp³-hybridized carbons (Fsp3) is 0.409. The van der Waals surface area contributed by atoms with E-state index in [4.69, 9.17) is 9.47 Å². The number of rotatable bonds is 5. The van der Waals surface area contributed by atoms with E-state index in [9.17, 15) is 4.79 Å². The summed E-state index contributed by atoms with van der Waals surface area (Å²) in [5, 5.41) is 3.11. The molecule has 0 bridgehead atoms. The maximum absolute atomic E-state index is 12.6. The first-order valence-electron chi connectivity index (χ1n) is 9.22. The summed E-state index contributed by atoms with van der Waals surface area (Å²) in [6, 6.07) is 15.8. The fourth-order valence-electron chi connectivity index (χ4n) is 3.44. The number of nitrogens with one attached hydrogen (secondary N) is 1. The largest absolute Gasteiger partial charge is 0.490 e. The summed E-state index contributed by atoms with van der Waals surface area (Å²) in [5.41, 5.74) is 1.86. The van der Waals surface area contributed by atoms with Crippen LogP contribution in [0.25, 0.3) is 0 Å². The van der Waals surface area contributed by atoms with Gasteiger partial charge in [-0.2, -0.15) is 0 Å². The third-order valence-electron chi connectivity index (χ3n) is 4.76. The van der Waals surface area contributed by atoms with Crippen LogP contribution < -0.4 is 14.8 Å². The van der Waals surface area contributed by atoms with E-state index < -0.39 is 0 Å². The monoisotopic (exact) mass is 353 g/mol. The molecule has 0 aromatic heterocycles. The number of benzene rings is 2. The Morgan fingerprint density at radius 2 is 1.77 bits per heavy atom. The Balaban J connectivity index is 1.65. The molecule has 26 heavy (non-hydrogen) atoms. The van der Waals surface area contributed by atoms with Gasteiger partial charge < -0.3 is 14.8 Å². The van der Waals surface area contributed by atoms with Crippen molar-refractivity contribution in [2.45, 2.75) is 45.1 Å². The first-order valence-corrected chi connectivity index (χ1v) is 9.22. The maximum Gasteiger partial charge on any atom is 0.251 e. The summed E-state index contributed by atoms with van der Waals surface area (Å²) in [5.74, 6) is 1.27. The van der Waals surface area contributed by atoms with Crippen LogP contribution in [0.5, 0.6) is 11.5 Å². The molecule has 1 atom stereocenters. The zero-order valence-electron chi connectivity index (χ0n) is 15.7. The van der Waals surface area contributed by atoms with Crippen molar-refractivity contribution < 1.29 is 14.3 Å². The molecule has 0 fully saturated rings. The summed E-state index contributed by atoms with van der Waals surface area (Å²) < 4.78 is 11.3. The van der Waals surface area contributed by atoms with E-state index in [0.29, 0.717) is 30.3 Å². The van der Waals surface area contributed by atoms with Crippen LogP contribution in [0, 0.1) is 0 Å². The molecule has 1 N–H and O–H groups in total. The van der Waals surface area contributed by atoms with Crippen LogP contribution in [0.3, 0.4) is 0 Å². The second-order valence-electron chi connectivity index (χ2n) is 7.54. The van der Waals surface area contributed by atoms with Crippen molar-refractivity contribution in [3.05, 3.63) is 59.7 Å². The second kappa shape index (κ2) is 7.81. The van der Waals surface area contributed by atoms with Crippen LogP contribution in [-0.2, 0) is 5.41 Å². The highest BCUT2D eigenvalue weighted by Crippen LogP contribution is 2.31. The Kier molecular flexibility index (Phi) is 5.50. The molecule has 2 aromatic carbocycles. The molecule has 1 unspecified atom stereocenters. The number of amides is 1. The van der Waals surface area contributed by atoms with E-state index in [1.807, 2.05) is 19.1 Å². The van der Waals surface area contributed by atoms with Gasteiger partial charge in [-0.1, -0.05) is 44.2 Å². The predicted octanol–water partition coefficient (Wildman–Crippen LogP) is 4.33. The molecule has 0 saturated carbocycles. The summed E-state index contributed by atoms with van der Waals surface area (Å²) >= 11 is 0. The molecule has 0 aliphatic carbocycles. The van der Waals surface area contributed by atoms with Crippen molar-refractivity contribution >= 4 is 5.91 Å². The average Bonchev–Trinajstić information content (AvgIpc) is 2.86. The zero-order chi connectivity index (χ0) is 18.6. The number of carbonyl (C=O) groups excluding carboxylic acids is 1. The van der Waals surface area contributed by atoms with Gasteiger partial charge in [0.05, 0.1) is 13.2 Å². The summed E-state index contributed by atoms with van der Waals surface area (Å²) in [7, 11) is 0. The van der Waals surface area contributed by atoms with E-state index in [-0.39, 0.29) is 17.4 Å². The van der Waals surface area contributed by atoms with Crippen LogP contribution in [-0.4, -0.2) is 25.2 Å². The highest BCUT2D eigenvalue weighted by Gasteiger charge is 2.24. The predicted molar refractivity (Wildman–Crippen MR) is 103 cm³/mol. The van der Waals surface area contributed by atoms with Crippen molar-refractivity contribution in [2.75, 3.05) is 13.2 Å². The van der Waals surface area contributed by atoms with Gasteiger partial charge in [0.1, 0.15) is 0 Å². The Bertz CT molecular complexity index is 755. The molecule has 2 aromatic rings. The van der Waals surface area contributed by atoms with Crippen LogP contribution in [0.2, 0.25) is 0 Å². The number of ether oxygens (including phenoxy) is 2. The molecular weight excluding hydrogens is 326 g/mol. The molecule has 0 saturated heterocycles. The molecule has 4 nitrogen and oxygen atoms in total. The Morgan fingerprint density at radius 3 is 2.50 bits per heavy atom. The summed E-state index contributed by atoms with van der Waals surface area (Å²) in [6.45, 7) is 7.71. The third-order valence-corrected chi connectivity index (χ3v) is 4.76. The first kappa shape index (κ1) is 18.3. The molecule has 1 aliphatic heterocycles. The molecule has 138 valence electrons. The van der Waals surface area contributed by atoms with Crippen LogP contribution in [0.4, 0.5) is 0 Å². The lowest BCUT2D eigenvalue weighted by Crippen LogP contribution is -2.37. The lowest BCUT2D eigenvalue weighted by Gasteiger charge is -2.29. The van der Waals surface area contributed by atoms with Crippen molar-refractivity contribution in [3.8, 4) is 11.5 Å². The van der Waals surface area contributed by atoms with Gasteiger partial charge in [-0.15, -0.1) is 0 Å². The first-order chi connectivity index (χ1) is 12.5. The number of hydrogen-bond donors (Lipinski definition) is 1. The SMILES string of the molecule is CC(CC(C)(C)c1ccccc1)NC(=O)c1ccc2c(c1)OCCCO2. The summed E-state index contributed by atoms with van der Waals surface area (Å²) in [4.78, 5) is 12.6. The van der Waals surface area contributed by atoms with Crippen LogP contribution in [0.1, 0.15) is 49.5 Å². The fourth-order valence-corrected chi connectivity index (χ4v) is 3.44. The molecule has 0 spiro atoms. The number of carbonyl (C=O) groups is 1. The highest BCUT2D eigenvalue weighted by molar-refractivity contribution is 5.95. The number of hydrogen-bond acceptors (Lipinski definition) is 3. The van der Waals surface area contributed by atoms with Gasteiger partial charge in [-0.3, -0.25) is 4.79 Å². The van der Waals surface area contributed by atoms with Gasteiger partial charge in [0, 0.05) is 18.0 Å². The van der Waals surface area contributed by atoms with E-state index in [0.717, 1.165) is 12.8 Å². The lowest BCUT2D eigenvalue weighted by atomic mass is 9.79. The van der Waals surface area contributed by atoms with Gasteiger partial charge in [0.2, 0.25) is 0 Å². The molecule has 4 heteroatoms. The molecular formula is C22H27NO3. The van der Waals surface area contributed by atoms with Crippen molar-refractivity contribution in [2.24, 2.45) is 0 Å². The molecule has 1 aliphatic rings. The second-order valence-corrected chi connectivity index (χ2v) is 7.54. The van der Waals surface area contributed by atoms with Crippen molar-refractivity contribution in [3.63, 3.8) is 0 Å². The zero-order valence-corrected chi connectivity index (χ0v) is 15.7. The smallest absolute Gasteiger partial charge is 0.251 e. The standard InChI is InChI=1S/C22H27NO3/c1-16(15-22(2,3)18-8-5-4-6-9-18)23-21(24)17-10-11-19-20(14-17)26-13-7-12-25-19/h4-6,8-11,14,16H,7,12-13,15H2,1-3H3,(H,23,24). The minimum atomic E-state index is -0.0861. The van der Waals surface area contributed by atoms with Crippen LogP contribution in [0.15, 0.2) is 48.5 Å². The van der Waals surface area contributed by atoms with Crippen molar-refractivity contribution in [1.29, 1.82) is 0 Å². The van der Waals surface area contributed by atoms with E-state index >= 15 is 0 Å². The molecule has 3 rings (SSSR count). The maximum atomic E-state index is 12.6. The molecule has 0 radical (unpaired) electrons. The molecule has 1 amide bonds. The topological polar surface area (TPSA) is 47.6 Å². The van der Waals surface area contributed by atoms with Gasteiger partial charge in [0.15, 0.2) is 11.5 Å². The van der Waals surface area contributed by atoms with Gasteiger partial charge in [-0.25, -0.2) is 0 Å². The van der Waals surface area contributed by atoms with E-state index in [1.165, 1.54) is 5.56 Å². The highest BCUT2D eigenvalue weighted by atomic mass is 16.5. The Morgan fingerprint density at radius 1 is 1.08 bits per heavy atom. The minimum absolute atomic E-state index is 0.0152. The van der Waals surface area contributed by atoms with Gasteiger partial charge in [-0.05, 0) is 42.5 Å². The summed E-state index contributed by atoms with van der Waals surface area (Å²) in [6.07, 6.45) is 1.70.